The predicted octanol–water partition coefficient (Wildman–Crippen LogP) is 2.70. The molecule has 1 aliphatic rings. The quantitative estimate of drug-likeness (QED) is 0.728. The Hall–Kier alpha value is -1.93. The second-order valence-electron chi connectivity index (χ2n) is 5.96. The van der Waals surface area contributed by atoms with Crippen LogP contribution in [0.2, 0.25) is 0 Å². The van der Waals surface area contributed by atoms with E-state index >= 15 is 0 Å². The number of carbonyl (C=O) groups excluding carboxylic acids is 3. The van der Waals surface area contributed by atoms with Crippen LogP contribution in [0.4, 0.5) is 5.00 Å². The Balaban J connectivity index is 1.99. The number of rotatable bonds is 7. The Morgan fingerprint density at radius 2 is 1.88 bits per heavy atom. The SMILES string of the molecule is CCOC(=O)c1c(NC(=O)COC(=O)C2CCOCC2)sc(C)c1CC. The number of hydrogen-bond acceptors (Lipinski definition) is 7. The zero-order valence-corrected chi connectivity index (χ0v) is 16.2. The van der Waals surface area contributed by atoms with Crippen molar-refractivity contribution in [3.63, 3.8) is 0 Å². The number of nitrogens with one attached hydrogen (secondary N) is 1. The fraction of sp³-hybridized carbons (Fsp3) is 0.611. The third kappa shape index (κ3) is 5.04. The van der Waals surface area contributed by atoms with Gasteiger partial charge in [0.05, 0.1) is 18.1 Å². The maximum Gasteiger partial charge on any atom is 0.341 e. The van der Waals surface area contributed by atoms with Gasteiger partial charge in [-0.15, -0.1) is 11.3 Å². The third-order valence-electron chi connectivity index (χ3n) is 4.20. The first-order chi connectivity index (χ1) is 12.5. The molecule has 26 heavy (non-hydrogen) atoms. The number of hydrogen-bond donors (Lipinski definition) is 1. The summed E-state index contributed by atoms with van der Waals surface area (Å²) in [5.41, 5.74) is 1.25. The van der Waals surface area contributed by atoms with E-state index in [4.69, 9.17) is 14.2 Å². The second-order valence-corrected chi connectivity index (χ2v) is 7.18. The van der Waals surface area contributed by atoms with Crippen molar-refractivity contribution in [2.45, 2.75) is 40.0 Å². The average Bonchev–Trinajstić information content (AvgIpc) is 2.95. The maximum atomic E-state index is 12.2. The molecule has 0 saturated carbocycles. The summed E-state index contributed by atoms with van der Waals surface area (Å²) in [6.07, 6.45) is 1.87. The van der Waals surface area contributed by atoms with Crippen molar-refractivity contribution in [1.29, 1.82) is 0 Å². The molecule has 2 rings (SSSR count). The fourth-order valence-corrected chi connectivity index (χ4v) is 4.01. The molecule has 1 saturated heterocycles. The highest BCUT2D eigenvalue weighted by Crippen LogP contribution is 2.34. The second kappa shape index (κ2) is 9.68. The summed E-state index contributed by atoms with van der Waals surface area (Å²) < 4.78 is 15.4. The molecular formula is C18H25NO6S. The van der Waals surface area contributed by atoms with E-state index in [9.17, 15) is 14.4 Å². The molecule has 8 heteroatoms. The van der Waals surface area contributed by atoms with Crippen LogP contribution >= 0.6 is 11.3 Å². The number of carbonyl (C=O) groups is 3. The lowest BCUT2D eigenvalue weighted by atomic mass is 10.0. The standard InChI is InChI=1S/C18H25NO6S/c1-4-13-11(3)26-16(15(13)18(22)24-5-2)19-14(20)10-25-17(21)12-6-8-23-9-7-12/h12H,4-10H2,1-3H3,(H,19,20). The van der Waals surface area contributed by atoms with E-state index in [1.54, 1.807) is 6.92 Å². The highest BCUT2D eigenvalue weighted by atomic mass is 32.1. The summed E-state index contributed by atoms with van der Waals surface area (Å²) in [6.45, 7) is 6.51. The normalized spacial score (nSPS) is 14.7. The molecule has 2 heterocycles. The lowest BCUT2D eigenvalue weighted by Crippen LogP contribution is -2.28. The van der Waals surface area contributed by atoms with Crippen molar-refractivity contribution in [2.24, 2.45) is 5.92 Å². The number of amides is 1. The van der Waals surface area contributed by atoms with E-state index in [2.05, 4.69) is 5.32 Å². The average molecular weight is 383 g/mol. The minimum Gasteiger partial charge on any atom is -0.462 e. The molecule has 1 N–H and O–H groups in total. The molecule has 1 aromatic rings. The van der Waals surface area contributed by atoms with Crippen LogP contribution in [0.15, 0.2) is 0 Å². The van der Waals surface area contributed by atoms with Crippen molar-refractivity contribution in [3.8, 4) is 0 Å². The Labute approximate surface area is 157 Å². The van der Waals surface area contributed by atoms with Gasteiger partial charge in [-0.25, -0.2) is 4.79 Å². The fourth-order valence-electron chi connectivity index (χ4n) is 2.86. The highest BCUT2D eigenvalue weighted by Gasteiger charge is 2.25. The minimum absolute atomic E-state index is 0.220. The monoisotopic (exact) mass is 383 g/mol. The molecule has 0 atom stereocenters. The van der Waals surface area contributed by atoms with Crippen LogP contribution in [-0.2, 0) is 30.2 Å². The van der Waals surface area contributed by atoms with Crippen molar-refractivity contribution in [2.75, 3.05) is 31.7 Å². The molecule has 0 spiro atoms. The summed E-state index contributed by atoms with van der Waals surface area (Å²) in [5, 5.41) is 3.12. The van der Waals surface area contributed by atoms with Crippen LogP contribution in [0, 0.1) is 12.8 Å². The molecule has 0 unspecified atom stereocenters. The largest absolute Gasteiger partial charge is 0.462 e. The Bertz CT molecular complexity index is 663. The molecular weight excluding hydrogens is 358 g/mol. The van der Waals surface area contributed by atoms with Gasteiger partial charge in [0.2, 0.25) is 0 Å². The molecule has 1 fully saturated rings. The van der Waals surface area contributed by atoms with Crippen molar-refractivity contribution < 1.29 is 28.6 Å². The van der Waals surface area contributed by atoms with Gasteiger partial charge < -0.3 is 19.5 Å². The van der Waals surface area contributed by atoms with Gasteiger partial charge in [-0.3, -0.25) is 9.59 Å². The predicted molar refractivity (Wildman–Crippen MR) is 97.5 cm³/mol. The Morgan fingerprint density at radius 1 is 1.19 bits per heavy atom. The highest BCUT2D eigenvalue weighted by molar-refractivity contribution is 7.16. The van der Waals surface area contributed by atoms with Gasteiger partial charge in [0, 0.05) is 18.1 Å². The van der Waals surface area contributed by atoms with Gasteiger partial charge in [-0.2, -0.15) is 0 Å². The molecule has 0 aliphatic carbocycles. The number of esters is 2. The smallest absolute Gasteiger partial charge is 0.341 e. The number of ether oxygens (including phenoxy) is 3. The first kappa shape index (κ1) is 20.4. The van der Waals surface area contributed by atoms with E-state index in [-0.39, 0.29) is 25.1 Å². The number of thiophene rings is 1. The first-order valence-corrected chi connectivity index (χ1v) is 9.63. The van der Waals surface area contributed by atoms with Gasteiger partial charge in [-0.05, 0) is 38.7 Å². The van der Waals surface area contributed by atoms with Gasteiger partial charge in [0.1, 0.15) is 5.00 Å². The van der Waals surface area contributed by atoms with E-state index in [1.165, 1.54) is 11.3 Å². The maximum absolute atomic E-state index is 12.2. The first-order valence-electron chi connectivity index (χ1n) is 8.81. The molecule has 1 aliphatic heterocycles. The van der Waals surface area contributed by atoms with E-state index in [1.807, 2.05) is 13.8 Å². The molecule has 1 amide bonds. The topological polar surface area (TPSA) is 90.9 Å². The Morgan fingerprint density at radius 3 is 2.50 bits per heavy atom. The zero-order valence-electron chi connectivity index (χ0n) is 15.4. The van der Waals surface area contributed by atoms with Crippen molar-refractivity contribution >= 4 is 34.2 Å². The summed E-state index contributed by atoms with van der Waals surface area (Å²) >= 11 is 1.32. The molecule has 1 aromatic heterocycles. The minimum atomic E-state index is -0.472. The molecule has 0 bridgehead atoms. The van der Waals surface area contributed by atoms with Crippen molar-refractivity contribution in [1.82, 2.24) is 0 Å². The van der Waals surface area contributed by atoms with E-state index < -0.39 is 11.9 Å². The van der Waals surface area contributed by atoms with Crippen LogP contribution in [-0.4, -0.2) is 44.3 Å². The van der Waals surface area contributed by atoms with Crippen molar-refractivity contribution in [3.05, 3.63) is 16.0 Å². The molecule has 144 valence electrons. The molecule has 0 radical (unpaired) electrons. The van der Waals surface area contributed by atoms with Gasteiger partial charge in [0.15, 0.2) is 6.61 Å². The molecule has 7 nitrogen and oxygen atoms in total. The van der Waals surface area contributed by atoms with Crippen LogP contribution in [0.25, 0.3) is 0 Å². The van der Waals surface area contributed by atoms with Crippen LogP contribution < -0.4 is 5.32 Å². The lowest BCUT2D eigenvalue weighted by Gasteiger charge is -2.20. The number of anilines is 1. The van der Waals surface area contributed by atoms with Crippen LogP contribution in [0.3, 0.4) is 0 Å². The summed E-state index contributed by atoms with van der Waals surface area (Å²) in [4.78, 5) is 37.4. The van der Waals surface area contributed by atoms with Crippen LogP contribution in [0.1, 0.15) is 47.5 Å². The van der Waals surface area contributed by atoms with Gasteiger partial charge in [0.25, 0.3) is 5.91 Å². The Kier molecular flexibility index (Phi) is 7.59. The zero-order chi connectivity index (χ0) is 19.1. The number of aryl methyl sites for hydroxylation is 1. The summed E-state index contributed by atoms with van der Waals surface area (Å²) in [7, 11) is 0. The van der Waals surface area contributed by atoms with Gasteiger partial charge in [-0.1, -0.05) is 6.92 Å². The molecule has 0 aromatic carbocycles. The van der Waals surface area contributed by atoms with E-state index in [0.717, 1.165) is 10.4 Å². The lowest BCUT2D eigenvalue weighted by molar-refractivity contribution is -0.154. The van der Waals surface area contributed by atoms with Gasteiger partial charge >= 0.3 is 11.9 Å². The van der Waals surface area contributed by atoms with E-state index in [0.29, 0.717) is 43.0 Å². The summed E-state index contributed by atoms with van der Waals surface area (Å²) in [6, 6.07) is 0. The summed E-state index contributed by atoms with van der Waals surface area (Å²) in [5.74, 6) is -1.53. The van der Waals surface area contributed by atoms with Crippen LogP contribution in [0.5, 0.6) is 0 Å². The third-order valence-corrected chi connectivity index (χ3v) is 5.26.